The average molecular weight is 346 g/mol. The van der Waals surface area contributed by atoms with Crippen LogP contribution < -0.4 is 0 Å². The van der Waals surface area contributed by atoms with Crippen LogP contribution in [0.15, 0.2) is 0 Å². The first-order valence-electron chi connectivity index (χ1n) is 8.52. The lowest BCUT2D eigenvalue weighted by atomic mass is 9.48. The molecule has 0 radical (unpaired) electrons. The maximum atomic E-state index is 12.6. The van der Waals surface area contributed by atoms with Crippen molar-refractivity contribution in [1.29, 1.82) is 0 Å². The third-order valence-corrected chi connectivity index (χ3v) is 5.59. The highest BCUT2D eigenvalue weighted by molar-refractivity contribution is 5.77. The zero-order valence-electron chi connectivity index (χ0n) is 13.9. The minimum Gasteiger partial charge on any atom is -0.465 e. The molecule has 0 aromatic carbocycles. The van der Waals surface area contributed by atoms with Crippen LogP contribution in [0.4, 0.5) is 8.78 Å². The van der Waals surface area contributed by atoms with E-state index in [0.29, 0.717) is 25.2 Å². The molecule has 0 spiro atoms. The van der Waals surface area contributed by atoms with E-state index in [4.69, 9.17) is 4.74 Å². The standard InChI is InChI=1S/C17H24F2O5/c1-15(18,19)14(21)23-3-2-13(20)24-10-16-5-11-4-12(6-16)8-17(22,7-11)9-16/h11-12,22H,2-10H2,1H3. The molecule has 0 amide bonds. The second-order valence-corrected chi connectivity index (χ2v) is 8.12. The molecule has 0 heterocycles. The van der Waals surface area contributed by atoms with Crippen molar-refractivity contribution in [2.75, 3.05) is 13.2 Å². The largest absolute Gasteiger partial charge is 0.465 e. The van der Waals surface area contributed by atoms with Crippen LogP contribution in [0.1, 0.15) is 51.9 Å². The van der Waals surface area contributed by atoms with E-state index in [1.54, 1.807) is 0 Å². The summed E-state index contributed by atoms with van der Waals surface area (Å²) in [5.41, 5.74) is -0.764. The molecule has 4 aliphatic carbocycles. The highest BCUT2D eigenvalue weighted by Crippen LogP contribution is 2.61. The van der Waals surface area contributed by atoms with Gasteiger partial charge < -0.3 is 14.6 Å². The molecule has 5 nitrogen and oxygen atoms in total. The van der Waals surface area contributed by atoms with Crippen molar-refractivity contribution >= 4 is 11.9 Å². The summed E-state index contributed by atoms with van der Waals surface area (Å²) in [5, 5.41) is 10.6. The van der Waals surface area contributed by atoms with Crippen molar-refractivity contribution in [3.63, 3.8) is 0 Å². The minimum atomic E-state index is -3.56. The summed E-state index contributed by atoms with van der Waals surface area (Å²) in [6.07, 6.45) is 5.21. The van der Waals surface area contributed by atoms with Gasteiger partial charge in [0.25, 0.3) is 0 Å². The first-order chi connectivity index (χ1) is 11.1. The predicted octanol–water partition coefficient (Wildman–Crippen LogP) is 2.45. The molecular weight excluding hydrogens is 322 g/mol. The molecule has 4 rings (SSSR count). The van der Waals surface area contributed by atoms with Gasteiger partial charge in [0.05, 0.1) is 18.6 Å². The van der Waals surface area contributed by atoms with Gasteiger partial charge in [0.1, 0.15) is 6.61 Å². The highest BCUT2D eigenvalue weighted by Gasteiger charge is 2.57. The Morgan fingerprint density at radius 3 is 2.33 bits per heavy atom. The summed E-state index contributed by atoms with van der Waals surface area (Å²) >= 11 is 0. The molecule has 7 heteroatoms. The number of hydrogen-bond acceptors (Lipinski definition) is 5. The molecule has 4 bridgehead atoms. The Morgan fingerprint density at radius 1 is 1.17 bits per heavy atom. The molecule has 24 heavy (non-hydrogen) atoms. The second kappa shape index (κ2) is 5.93. The van der Waals surface area contributed by atoms with Crippen LogP contribution >= 0.6 is 0 Å². The molecule has 4 fully saturated rings. The van der Waals surface area contributed by atoms with Crippen LogP contribution in [0, 0.1) is 17.3 Å². The van der Waals surface area contributed by atoms with E-state index in [1.165, 1.54) is 0 Å². The molecule has 4 saturated carbocycles. The smallest absolute Gasteiger partial charge is 0.376 e. The number of hydrogen-bond donors (Lipinski definition) is 1. The summed E-state index contributed by atoms with van der Waals surface area (Å²) < 4.78 is 34.9. The number of halogens is 2. The Morgan fingerprint density at radius 2 is 1.79 bits per heavy atom. The molecule has 4 aliphatic rings. The molecule has 2 atom stereocenters. The fourth-order valence-corrected chi connectivity index (χ4v) is 5.23. The number of aliphatic hydroxyl groups is 1. The van der Waals surface area contributed by atoms with E-state index in [0.717, 1.165) is 32.1 Å². The summed E-state index contributed by atoms with van der Waals surface area (Å²) in [6, 6.07) is 0. The van der Waals surface area contributed by atoms with Gasteiger partial charge in [0, 0.05) is 12.3 Å². The first-order valence-corrected chi connectivity index (χ1v) is 8.52. The maximum absolute atomic E-state index is 12.6. The number of carbonyl (C=O) groups is 2. The molecule has 2 unspecified atom stereocenters. The molecule has 0 aromatic rings. The Bertz CT molecular complexity index is 514. The summed E-state index contributed by atoms with van der Waals surface area (Å²) in [6.45, 7) is 0.285. The lowest BCUT2D eigenvalue weighted by Gasteiger charge is -2.59. The minimum absolute atomic E-state index is 0.151. The normalized spacial score (nSPS) is 37.3. The van der Waals surface area contributed by atoms with Crippen molar-refractivity contribution in [2.45, 2.75) is 63.4 Å². The van der Waals surface area contributed by atoms with Gasteiger partial charge in [-0.1, -0.05) is 0 Å². The van der Waals surface area contributed by atoms with Gasteiger partial charge in [0.2, 0.25) is 0 Å². The summed E-state index contributed by atoms with van der Waals surface area (Å²) in [7, 11) is 0. The Hall–Kier alpha value is -1.24. The zero-order chi connectivity index (χ0) is 17.6. The molecular formula is C17H24F2O5. The van der Waals surface area contributed by atoms with Gasteiger partial charge in [-0.25, -0.2) is 4.79 Å². The van der Waals surface area contributed by atoms with Gasteiger partial charge in [-0.3, -0.25) is 4.79 Å². The van der Waals surface area contributed by atoms with Crippen molar-refractivity contribution in [3.05, 3.63) is 0 Å². The Kier molecular flexibility index (Phi) is 4.35. The molecule has 0 aliphatic heterocycles. The van der Waals surface area contributed by atoms with E-state index in [2.05, 4.69) is 4.74 Å². The molecule has 1 N–H and O–H groups in total. The van der Waals surface area contributed by atoms with E-state index in [1.807, 2.05) is 0 Å². The Balaban J connectivity index is 1.44. The quantitative estimate of drug-likeness (QED) is 0.748. The predicted molar refractivity (Wildman–Crippen MR) is 79.2 cm³/mol. The van der Waals surface area contributed by atoms with E-state index in [9.17, 15) is 23.5 Å². The van der Waals surface area contributed by atoms with Gasteiger partial charge >= 0.3 is 17.9 Å². The van der Waals surface area contributed by atoms with Crippen LogP contribution in [-0.2, 0) is 19.1 Å². The SMILES string of the molecule is CC(F)(F)C(=O)OCCC(=O)OCC12CC3CC(CC(O)(C3)C1)C2. The van der Waals surface area contributed by atoms with Crippen molar-refractivity contribution in [3.8, 4) is 0 Å². The fourth-order valence-electron chi connectivity index (χ4n) is 5.23. The third-order valence-electron chi connectivity index (χ3n) is 5.59. The zero-order valence-corrected chi connectivity index (χ0v) is 13.9. The van der Waals surface area contributed by atoms with E-state index >= 15 is 0 Å². The molecule has 136 valence electrons. The van der Waals surface area contributed by atoms with Gasteiger partial charge in [-0.15, -0.1) is 0 Å². The fraction of sp³-hybridized carbons (Fsp3) is 0.882. The first kappa shape index (κ1) is 17.6. The van der Waals surface area contributed by atoms with Crippen molar-refractivity contribution in [1.82, 2.24) is 0 Å². The lowest BCUT2D eigenvalue weighted by Crippen LogP contribution is -2.57. The van der Waals surface area contributed by atoms with Crippen LogP contribution in [0.5, 0.6) is 0 Å². The number of rotatable bonds is 6. The maximum Gasteiger partial charge on any atom is 0.376 e. The third kappa shape index (κ3) is 3.71. The summed E-state index contributed by atoms with van der Waals surface area (Å²) in [5.74, 6) is -4.76. The molecule has 0 saturated heterocycles. The van der Waals surface area contributed by atoms with E-state index < -0.39 is 30.1 Å². The van der Waals surface area contributed by atoms with Crippen molar-refractivity contribution in [2.24, 2.45) is 17.3 Å². The highest BCUT2D eigenvalue weighted by atomic mass is 19.3. The summed E-state index contributed by atoms with van der Waals surface area (Å²) in [4.78, 5) is 22.7. The Labute approximate surface area is 139 Å². The topological polar surface area (TPSA) is 72.8 Å². The number of alkyl halides is 2. The number of carbonyl (C=O) groups excluding carboxylic acids is 2. The molecule has 0 aromatic heterocycles. The van der Waals surface area contributed by atoms with Crippen LogP contribution in [0.2, 0.25) is 0 Å². The van der Waals surface area contributed by atoms with E-state index in [-0.39, 0.29) is 18.4 Å². The van der Waals surface area contributed by atoms with Gasteiger partial charge in [-0.2, -0.15) is 8.78 Å². The monoisotopic (exact) mass is 346 g/mol. The lowest BCUT2D eigenvalue weighted by molar-refractivity contribution is -0.187. The number of ether oxygens (including phenoxy) is 2. The van der Waals surface area contributed by atoms with Gasteiger partial charge in [-0.05, 0) is 50.4 Å². The van der Waals surface area contributed by atoms with Crippen LogP contribution in [0.3, 0.4) is 0 Å². The average Bonchev–Trinajstić information content (AvgIpc) is 2.41. The van der Waals surface area contributed by atoms with Gasteiger partial charge in [0.15, 0.2) is 0 Å². The second-order valence-electron chi connectivity index (χ2n) is 8.12. The van der Waals surface area contributed by atoms with Crippen LogP contribution in [-0.4, -0.2) is 41.8 Å². The van der Waals surface area contributed by atoms with Crippen molar-refractivity contribution < 1.29 is 33.0 Å². The van der Waals surface area contributed by atoms with Crippen LogP contribution in [0.25, 0.3) is 0 Å². The number of esters is 2.